The standard InChI is InChI=1S/C17H33N5O2/c1-14(2)21-9-6-20(7-10-21)13-16(23)22-8-5-19(4)11-15(12-22)17(24)18-3/h14-15H,5-13H2,1-4H3,(H,18,24). The van der Waals surface area contributed by atoms with Gasteiger partial charge in [0.15, 0.2) is 0 Å². The van der Waals surface area contributed by atoms with Gasteiger partial charge in [0, 0.05) is 65.4 Å². The molecule has 2 aliphatic rings. The zero-order valence-electron chi connectivity index (χ0n) is 15.6. The van der Waals surface area contributed by atoms with Crippen LogP contribution in [0.4, 0.5) is 0 Å². The Kier molecular flexibility index (Phi) is 7.01. The highest BCUT2D eigenvalue weighted by atomic mass is 16.2. The number of nitrogens with zero attached hydrogens (tertiary/aromatic N) is 4. The summed E-state index contributed by atoms with van der Waals surface area (Å²) < 4.78 is 0. The van der Waals surface area contributed by atoms with E-state index in [9.17, 15) is 9.59 Å². The minimum atomic E-state index is -0.149. The third kappa shape index (κ3) is 5.16. The zero-order chi connectivity index (χ0) is 17.7. The summed E-state index contributed by atoms with van der Waals surface area (Å²) in [6, 6.07) is 0.567. The summed E-state index contributed by atoms with van der Waals surface area (Å²) in [5, 5.41) is 2.72. The van der Waals surface area contributed by atoms with Crippen LogP contribution < -0.4 is 5.32 Å². The summed E-state index contributed by atoms with van der Waals surface area (Å²) >= 11 is 0. The van der Waals surface area contributed by atoms with Crippen molar-refractivity contribution in [3.05, 3.63) is 0 Å². The maximum Gasteiger partial charge on any atom is 0.236 e. The Balaban J connectivity index is 1.88. The fraction of sp³-hybridized carbons (Fsp3) is 0.882. The Morgan fingerprint density at radius 2 is 1.71 bits per heavy atom. The predicted molar refractivity (Wildman–Crippen MR) is 94.8 cm³/mol. The topological polar surface area (TPSA) is 59.1 Å². The van der Waals surface area contributed by atoms with Crippen LogP contribution in [0.3, 0.4) is 0 Å². The van der Waals surface area contributed by atoms with Crippen molar-refractivity contribution in [3.63, 3.8) is 0 Å². The summed E-state index contributed by atoms with van der Waals surface area (Å²) in [5.74, 6) is 0.0218. The molecule has 0 spiro atoms. The SMILES string of the molecule is CNC(=O)C1CN(C)CCN(C(=O)CN2CCN(C(C)C)CC2)C1. The molecule has 7 heteroatoms. The molecule has 1 atom stereocenters. The van der Waals surface area contributed by atoms with E-state index >= 15 is 0 Å². The number of likely N-dealkylation sites (N-methyl/N-ethyl adjacent to an activating group) is 1. The molecule has 1 N–H and O–H groups in total. The highest BCUT2D eigenvalue weighted by Gasteiger charge is 2.29. The quantitative estimate of drug-likeness (QED) is 0.723. The number of hydrogen-bond acceptors (Lipinski definition) is 5. The van der Waals surface area contributed by atoms with Crippen molar-refractivity contribution in [3.8, 4) is 0 Å². The Labute approximate surface area is 145 Å². The average Bonchev–Trinajstić information content (AvgIpc) is 2.76. The van der Waals surface area contributed by atoms with E-state index in [1.54, 1.807) is 7.05 Å². The molecule has 0 radical (unpaired) electrons. The number of rotatable bonds is 4. The first-order chi connectivity index (χ1) is 11.4. The van der Waals surface area contributed by atoms with Crippen molar-refractivity contribution >= 4 is 11.8 Å². The minimum absolute atomic E-state index is 0.0205. The van der Waals surface area contributed by atoms with E-state index in [2.05, 4.69) is 33.9 Å². The number of carbonyl (C=O) groups is 2. The first-order valence-corrected chi connectivity index (χ1v) is 9.05. The van der Waals surface area contributed by atoms with Crippen LogP contribution in [-0.2, 0) is 9.59 Å². The van der Waals surface area contributed by atoms with E-state index in [-0.39, 0.29) is 17.7 Å². The summed E-state index contributed by atoms with van der Waals surface area (Å²) in [5.41, 5.74) is 0. The van der Waals surface area contributed by atoms with Crippen LogP contribution in [0, 0.1) is 5.92 Å². The second-order valence-corrected chi connectivity index (χ2v) is 7.32. The molecule has 1 unspecified atom stereocenters. The molecule has 2 rings (SSSR count). The van der Waals surface area contributed by atoms with Crippen LogP contribution in [-0.4, -0.2) is 110 Å². The van der Waals surface area contributed by atoms with Gasteiger partial charge < -0.3 is 15.1 Å². The molecular formula is C17H33N5O2. The van der Waals surface area contributed by atoms with Gasteiger partial charge in [0.05, 0.1) is 12.5 Å². The number of amides is 2. The van der Waals surface area contributed by atoms with Gasteiger partial charge in [-0.3, -0.25) is 19.4 Å². The fourth-order valence-corrected chi connectivity index (χ4v) is 3.50. The predicted octanol–water partition coefficient (Wildman–Crippen LogP) is -0.851. The molecule has 0 aromatic heterocycles. The second-order valence-electron chi connectivity index (χ2n) is 7.32. The van der Waals surface area contributed by atoms with Crippen LogP contribution in [0.15, 0.2) is 0 Å². The van der Waals surface area contributed by atoms with Crippen molar-refractivity contribution in [2.75, 3.05) is 73.0 Å². The molecule has 2 saturated heterocycles. The van der Waals surface area contributed by atoms with Crippen molar-refractivity contribution in [2.45, 2.75) is 19.9 Å². The second kappa shape index (κ2) is 8.78. The van der Waals surface area contributed by atoms with Crippen LogP contribution in [0.5, 0.6) is 0 Å². The zero-order valence-corrected chi connectivity index (χ0v) is 15.6. The van der Waals surface area contributed by atoms with Gasteiger partial charge in [0.1, 0.15) is 0 Å². The van der Waals surface area contributed by atoms with Gasteiger partial charge in [0.2, 0.25) is 11.8 Å². The molecule has 0 bridgehead atoms. The molecular weight excluding hydrogens is 306 g/mol. The summed E-state index contributed by atoms with van der Waals surface area (Å²) in [6.07, 6.45) is 0. The maximum atomic E-state index is 12.7. The molecule has 138 valence electrons. The lowest BCUT2D eigenvalue weighted by Gasteiger charge is -2.37. The first kappa shape index (κ1) is 19.1. The smallest absolute Gasteiger partial charge is 0.236 e. The van der Waals surface area contributed by atoms with Crippen LogP contribution in [0.25, 0.3) is 0 Å². The lowest BCUT2D eigenvalue weighted by molar-refractivity contribution is -0.134. The minimum Gasteiger partial charge on any atom is -0.359 e. The maximum absolute atomic E-state index is 12.7. The number of hydrogen-bond donors (Lipinski definition) is 1. The third-order valence-corrected chi connectivity index (χ3v) is 5.19. The van der Waals surface area contributed by atoms with E-state index in [4.69, 9.17) is 0 Å². The number of nitrogens with one attached hydrogen (secondary N) is 1. The van der Waals surface area contributed by atoms with Gasteiger partial charge in [-0.2, -0.15) is 0 Å². The molecule has 0 aromatic carbocycles. The van der Waals surface area contributed by atoms with E-state index in [1.165, 1.54) is 0 Å². The molecule has 7 nitrogen and oxygen atoms in total. The molecule has 2 heterocycles. The lowest BCUT2D eigenvalue weighted by Crippen LogP contribution is -2.52. The highest BCUT2D eigenvalue weighted by Crippen LogP contribution is 2.11. The average molecular weight is 339 g/mol. The molecule has 24 heavy (non-hydrogen) atoms. The normalized spacial score (nSPS) is 24.9. The third-order valence-electron chi connectivity index (χ3n) is 5.19. The first-order valence-electron chi connectivity index (χ1n) is 9.05. The molecule has 2 amide bonds. The summed E-state index contributed by atoms with van der Waals surface area (Å²) in [7, 11) is 3.67. The summed E-state index contributed by atoms with van der Waals surface area (Å²) in [6.45, 7) is 11.6. The van der Waals surface area contributed by atoms with Crippen molar-refractivity contribution in [1.29, 1.82) is 0 Å². The van der Waals surface area contributed by atoms with E-state index < -0.39 is 0 Å². The van der Waals surface area contributed by atoms with Gasteiger partial charge in [-0.15, -0.1) is 0 Å². The molecule has 0 saturated carbocycles. The Morgan fingerprint density at radius 3 is 2.29 bits per heavy atom. The molecule has 0 aromatic rings. The van der Waals surface area contributed by atoms with Crippen LogP contribution >= 0.6 is 0 Å². The van der Waals surface area contributed by atoms with Crippen LogP contribution in [0.2, 0.25) is 0 Å². The van der Waals surface area contributed by atoms with Crippen molar-refractivity contribution in [1.82, 2.24) is 24.9 Å². The summed E-state index contributed by atoms with van der Waals surface area (Å²) in [4.78, 5) is 33.4. The van der Waals surface area contributed by atoms with E-state index in [0.717, 1.165) is 32.7 Å². The van der Waals surface area contributed by atoms with Gasteiger partial charge in [-0.25, -0.2) is 0 Å². The lowest BCUT2D eigenvalue weighted by atomic mass is 10.1. The largest absolute Gasteiger partial charge is 0.359 e. The van der Waals surface area contributed by atoms with Gasteiger partial charge in [0.25, 0.3) is 0 Å². The Morgan fingerprint density at radius 1 is 1.04 bits per heavy atom. The van der Waals surface area contributed by atoms with Gasteiger partial charge >= 0.3 is 0 Å². The molecule has 2 aliphatic heterocycles. The van der Waals surface area contributed by atoms with Crippen LogP contribution in [0.1, 0.15) is 13.8 Å². The number of carbonyl (C=O) groups excluding carboxylic acids is 2. The molecule has 0 aliphatic carbocycles. The Bertz CT molecular complexity index is 435. The van der Waals surface area contributed by atoms with Crippen molar-refractivity contribution in [2.24, 2.45) is 5.92 Å². The van der Waals surface area contributed by atoms with E-state index in [0.29, 0.717) is 32.2 Å². The number of piperazine rings is 1. The fourth-order valence-electron chi connectivity index (χ4n) is 3.50. The van der Waals surface area contributed by atoms with Gasteiger partial charge in [-0.1, -0.05) is 0 Å². The monoisotopic (exact) mass is 339 g/mol. The van der Waals surface area contributed by atoms with Gasteiger partial charge in [-0.05, 0) is 20.9 Å². The Hall–Kier alpha value is -1.18. The van der Waals surface area contributed by atoms with Crippen molar-refractivity contribution < 1.29 is 9.59 Å². The highest BCUT2D eigenvalue weighted by molar-refractivity contribution is 5.81. The van der Waals surface area contributed by atoms with E-state index in [1.807, 2.05) is 11.9 Å². The molecule has 2 fully saturated rings.